The van der Waals surface area contributed by atoms with E-state index in [1.807, 2.05) is 20.8 Å². The van der Waals surface area contributed by atoms with E-state index in [9.17, 15) is 4.79 Å². The van der Waals surface area contributed by atoms with Gasteiger partial charge in [-0.3, -0.25) is 4.79 Å². The molecule has 0 rings (SSSR count). The molecule has 0 saturated carbocycles. The summed E-state index contributed by atoms with van der Waals surface area (Å²) in [6.45, 7) is 6.02. The average molecular weight is 127 g/mol. The van der Waals surface area contributed by atoms with Gasteiger partial charge in [-0.25, -0.2) is 0 Å². The molecule has 0 fully saturated rings. The Morgan fingerprint density at radius 3 is 2.00 bits per heavy atom. The molecule has 0 unspecified atom stereocenters. The number of rotatable bonds is 1. The fourth-order valence-corrected chi connectivity index (χ4v) is 0.332. The molecule has 0 spiro atoms. The Kier molecular flexibility index (Phi) is 2.43. The van der Waals surface area contributed by atoms with Crippen LogP contribution in [0.15, 0.2) is 12.2 Å². The number of primary amides is 1. The van der Waals surface area contributed by atoms with Gasteiger partial charge in [0.05, 0.1) is 0 Å². The van der Waals surface area contributed by atoms with E-state index in [1.54, 1.807) is 6.08 Å². The minimum Gasteiger partial charge on any atom is -0.366 e. The first-order valence-electron chi connectivity index (χ1n) is 2.90. The van der Waals surface area contributed by atoms with Gasteiger partial charge in [0.25, 0.3) is 0 Å². The van der Waals surface area contributed by atoms with Crippen LogP contribution in [0.1, 0.15) is 20.8 Å². The zero-order chi connectivity index (χ0) is 7.49. The highest BCUT2D eigenvalue weighted by molar-refractivity contribution is 5.85. The van der Waals surface area contributed by atoms with Gasteiger partial charge in [0.2, 0.25) is 5.91 Å². The van der Waals surface area contributed by atoms with Crippen LogP contribution in [-0.2, 0) is 4.79 Å². The number of carbonyl (C=O) groups excluding carboxylic acids is 1. The van der Waals surface area contributed by atoms with Crippen molar-refractivity contribution in [2.24, 2.45) is 11.1 Å². The van der Waals surface area contributed by atoms with Gasteiger partial charge >= 0.3 is 0 Å². The molecule has 0 aliphatic rings. The van der Waals surface area contributed by atoms with Crippen molar-refractivity contribution in [3.05, 3.63) is 12.2 Å². The highest BCUT2D eigenvalue weighted by Crippen LogP contribution is 2.13. The number of amides is 1. The van der Waals surface area contributed by atoms with Crippen molar-refractivity contribution in [1.29, 1.82) is 0 Å². The fourth-order valence-electron chi connectivity index (χ4n) is 0.332. The van der Waals surface area contributed by atoms with Crippen LogP contribution < -0.4 is 5.73 Å². The summed E-state index contributed by atoms with van der Waals surface area (Å²) >= 11 is 0. The molecule has 0 aromatic carbocycles. The van der Waals surface area contributed by atoms with E-state index >= 15 is 0 Å². The van der Waals surface area contributed by atoms with Gasteiger partial charge in [0, 0.05) is 0 Å². The first-order valence-corrected chi connectivity index (χ1v) is 2.90. The fraction of sp³-hybridized carbons (Fsp3) is 0.571. The number of carbonyl (C=O) groups is 1. The molecule has 1 amide bonds. The maximum atomic E-state index is 10.2. The lowest BCUT2D eigenvalue weighted by Gasteiger charge is -2.09. The van der Waals surface area contributed by atoms with Crippen molar-refractivity contribution in [2.45, 2.75) is 20.8 Å². The maximum absolute atomic E-state index is 10.2. The van der Waals surface area contributed by atoms with E-state index in [4.69, 9.17) is 5.73 Å². The van der Waals surface area contributed by atoms with Crippen LogP contribution in [0.2, 0.25) is 0 Å². The van der Waals surface area contributed by atoms with Crippen molar-refractivity contribution in [1.82, 2.24) is 0 Å². The average Bonchev–Trinajstić information content (AvgIpc) is 1.59. The summed E-state index contributed by atoms with van der Waals surface area (Å²) in [5.41, 5.74) is 4.92. The van der Waals surface area contributed by atoms with Crippen molar-refractivity contribution in [3.8, 4) is 0 Å². The molecule has 0 atom stereocenters. The molecule has 0 aromatic rings. The van der Waals surface area contributed by atoms with Crippen LogP contribution in [0.25, 0.3) is 0 Å². The van der Waals surface area contributed by atoms with Gasteiger partial charge in [-0.2, -0.15) is 0 Å². The summed E-state index contributed by atoms with van der Waals surface area (Å²) in [5.74, 6) is -0.384. The molecular formula is C7H13NO. The Hall–Kier alpha value is -0.790. The Labute approximate surface area is 55.7 Å². The van der Waals surface area contributed by atoms with Gasteiger partial charge < -0.3 is 5.73 Å². The molecule has 0 aliphatic carbocycles. The number of nitrogens with two attached hydrogens (primary N) is 1. The zero-order valence-corrected chi connectivity index (χ0v) is 6.14. The number of hydrogen-bond donors (Lipinski definition) is 1. The molecule has 0 saturated heterocycles. The van der Waals surface area contributed by atoms with E-state index < -0.39 is 0 Å². The summed E-state index contributed by atoms with van der Waals surface area (Å²) in [4.78, 5) is 10.2. The molecule has 0 aromatic heterocycles. The topological polar surface area (TPSA) is 43.1 Å². The lowest BCUT2D eigenvalue weighted by molar-refractivity contribution is -0.113. The summed E-state index contributed by atoms with van der Waals surface area (Å²) in [6.07, 6.45) is 3.18. The molecule has 2 N–H and O–H groups in total. The molecule has 0 radical (unpaired) electrons. The smallest absolute Gasteiger partial charge is 0.241 e. The third-order valence-corrected chi connectivity index (χ3v) is 0.748. The minimum atomic E-state index is -0.384. The molecule has 2 nitrogen and oxygen atoms in total. The quantitative estimate of drug-likeness (QED) is 0.526. The molecule has 0 bridgehead atoms. The zero-order valence-electron chi connectivity index (χ0n) is 6.14. The maximum Gasteiger partial charge on any atom is 0.241 e. The minimum absolute atomic E-state index is 0.0506. The Bertz CT molecular complexity index is 130. The van der Waals surface area contributed by atoms with Gasteiger partial charge in [-0.15, -0.1) is 0 Å². The van der Waals surface area contributed by atoms with Crippen LogP contribution in [0.5, 0.6) is 0 Å². The Morgan fingerprint density at radius 2 is 1.89 bits per heavy atom. The van der Waals surface area contributed by atoms with Crippen LogP contribution >= 0.6 is 0 Å². The van der Waals surface area contributed by atoms with Crippen molar-refractivity contribution < 1.29 is 4.79 Å². The predicted octanol–water partition coefficient (Wildman–Crippen LogP) is 1.07. The Balaban J connectivity index is 3.86. The van der Waals surface area contributed by atoms with E-state index in [0.717, 1.165) is 0 Å². The van der Waals surface area contributed by atoms with Crippen LogP contribution in [-0.4, -0.2) is 5.91 Å². The van der Waals surface area contributed by atoms with Crippen molar-refractivity contribution >= 4 is 5.91 Å². The van der Waals surface area contributed by atoms with E-state index in [1.165, 1.54) is 6.08 Å². The lowest BCUT2D eigenvalue weighted by atomic mass is 9.96. The molecule has 52 valence electrons. The third kappa shape index (κ3) is 7.21. The van der Waals surface area contributed by atoms with Gasteiger partial charge in [-0.1, -0.05) is 26.8 Å². The molecule has 0 heterocycles. The molecule has 9 heavy (non-hydrogen) atoms. The Morgan fingerprint density at radius 1 is 1.44 bits per heavy atom. The lowest BCUT2D eigenvalue weighted by Crippen LogP contribution is -2.08. The third-order valence-electron chi connectivity index (χ3n) is 0.748. The highest BCUT2D eigenvalue weighted by Gasteiger charge is 2.03. The van der Waals surface area contributed by atoms with Crippen LogP contribution in [0.3, 0.4) is 0 Å². The second-order valence-electron chi connectivity index (χ2n) is 3.10. The van der Waals surface area contributed by atoms with E-state index in [2.05, 4.69) is 0 Å². The van der Waals surface area contributed by atoms with Crippen molar-refractivity contribution in [2.75, 3.05) is 0 Å². The van der Waals surface area contributed by atoms with E-state index in [-0.39, 0.29) is 11.3 Å². The second kappa shape index (κ2) is 2.67. The van der Waals surface area contributed by atoms with Crippen molar-refractivity contribution in [3.63, 3.8) is 0 Å². The first kappa shape index (κ1) is 8.21. The predicted molar refractivity (Wildman–Crippen MR) is 37.8 cm³/mol. The standard InChI is InChI=1S/C7H13NO/c1-7(2,3)5-4-6(8)9/h4-5H,1-3H3,(H2,8,9). The monoisotopic (exact) mass is 127 g/mol. The SMILES string of the molecule is CC(C)(C)C=CC(N)=O. The van der Waals surface area contributed by atoms with Gasteiger partial charge in [0.15, 0.2) is 0 Å². The highest BCUT2D eigenvalue weighted by atomic mass is 16.1. The largest absolute Gasteiger partial charge is 0.366 e. The summed E-state index contributed by atoms with van der Waals surface area (Å²) in [6, 6.07) is 0. The molecule has 2 heteroatoms. The van der Waals surface area contributed by atoms with Gasteiger partial charge in [-0.05, 0) is 11.5 Å². The molecule has 0 aliphatic heterocycles. The second-order valence-corrected chi connectivity index (χ2v) is 3.10. The van der Waals surface area contributed by atoms with Crippen LogP contribution in [0, 0.1) is 5.41 Å². The normalized spacial score (nSPS) is 12.3. The van der Waals surface area contributed by atoms with Crippen LogP contribution in [0.4, 0.5) is 0 Å². The number of hydrogen-bond acceptors (Lipinski definition) is 1. The summed E-state index contributed by atoms with van der Waals surface area (Å²) in [5, 5.41) is 0. The summed E-state index contributed by atoms with van der Waals surface area (Å²) in [7, 11) is 0. The van der Waals surface area contributed by atoms with Gasteiger partial charge in [0.1, 0.15) is 0 Å². The molecular weight excluding hydrogens is 114 g/mol. The first-order chi connectivity index (χ1) is 3.92. The van der Waals surface area contributed by atoms with E-state index in [0.29, 0.717) is 0 Å². The summed E-state index contributed by atoms with van der Waals surface area (Å²) < 4.78 is 0. The number of allylic oxidation sites excluding steroid dienone is 1.